The van der Waals surface area contributed by atoms with Crippen molar-refractivity contribution in [1.29, 1.82) is 0 Å². The molecule has 0 bridgehead atoms. The Morgan fingerprint density at radius 3 is 2.59 bits per heavy atom. The van der Waals surface area contributed by atoms with E-state index in [1.54, 1.807) is 0 Å². The predicted octanol–water partition coefficient (Wildman–Crippen LogP) is 0.783. The van der Waals surface area contributed by atoms with Gasteiger partial charge >= 0.3 is 0 Å². The first-order valence-corrected chi connectivity index (χ1v) is 6.66. The zero-order chi connectivity index (χ0) is 13.0. The summed E-state index contributed by atoms with van der Waals surface area (Å²) in [6, 6.07) is 0.379. The number of hydrogen-bond acceptors (Lipinski definition) is 3. The molecule has 1 fully saturated rings. The minimum atomic E-state index is 0.0448. The monoisotopic (exact) mass is 241 g/mol. The van der Waals surface area contributed by atoms with Crippen molar-refractivity contribution in [3.8, 4) is 0 Å². The van der Waals surface area contributed by atoms with E-state index in [2.05, 4.69) is 50.0 Å². The third kappa shape index (κ3) is 3.68. The van der Waals surface area contributed by atoms with E-state index in [0.717, 1.165) is 26.1 Å². The zero-order valence-corrected chi connectivity index (χ0v) is 11.9. The number of amides is 1. The second-order valence-corrected chi connectivity index (χ2v) is 5.50. The number of hydrogen-bond donors (Lipinski definition) is 1. The van der Waals surface area contributed by atoms with Gasteiger partial charge in [0.05, 0.1) is 6.04 Å². The quantitative estimate of drug-likeness (QED) is 0.746. The molecule has 100 valence electrons. The summed E-state index contributed by atoms with van der Waals surface area (Å²) >= 11 is 0. The van der Waals surface area contributed by atoms with Gasteiger partial charge in [-0.15, -0.1) is 0 Å². The van der Waals surface area contributed by atoms with Gasteiger partial charge in [0.25, 0.3) is 0 Å². The van der Waals surface area contributed by atoms with E-state index in [0.29, 0.717) is 12.0 Å². The summed E-state index contributed by atoms with van der Waals surface area (Å²) in [7, 11) is 4.13. The van der Waals surface area contributed by atoms with Crippen LogP contribution in [-0.4, -0.2) is 61.5 Å². The molecule has 1 aliphatic rings. The topological polar surface area (TPSA) is 35.6 Å². The van der Waals surface area contributed by atoms with Gasteiger partial charge in [-0.25, -0.2) is 0 Å². The highest BCUT2D eigenvalue weighted by molar-refractivity contribution is 5.84. The van der Waals surface area contributed by atoms with E-state index in [-0.39, 0.29) is 11.9 Å². The molecule has 4 heteroatoms. The Labute approximate surface area is 105 Å². The van der Waals surface area contributed by atoms with Crippen molar-refractivity contribution >= 4 is 5.91 Å². The van der Waals surface area contributed by atoms with Crippen LogP contribution in [0.4, 0.5) is 0 Å². The first-order chi connectivity index (χ1) is 7.97. The zero-order valence-electron chi connectivity index (χ0n) is 11.9. The molecule has 0 aromatic rings. The van der Waals surface area contributed by atoms with Crippen LogP contribution >= 0.6 is 0 Å². The molecule has 0 aromatic carbocycles. The Hall–Kier alpha value is -0.610. The van der Waals surface area contributed by atoms with Crippen LogP contribution < -0.4 is 5.32 Å². The van der Waals surface area contributed by atoms with E-state index >= 15 is 0 Å². The standard InChI is InChI=1S/C13H27N3O/c1-6-14-11-7-8-16(13(11)17)12(10(2)3)9-15(4)5/h10-12,14H,6-9H2,1-5H3. The van der Waals surface area contributed by atoms with Crippen molar-refractivity contribution in [2.45, 2.75) is 39.3 Å². The summed E-state index contributed by atoms with van der Waals surface area (Å²) < 4.78 is 0. The first kappa shape index (κ1) is 14.5. The molecule has 2 unspecified atom stereocenters. The maximum absolute atomic E-state index is 12.3. The number of carbonyl (C=O) groups excluding carboxylic acids is 1. The highest BCUT2D eigenvalue weighted by Gasteiger charge is 2.36. The Morgan fingerprint density at radius 1 is 1.47 bits per heavy atom. The Morgan fingerprint density at radius 2 is 2.12 bits per heavy atom. The summed E-state index contributed by atoms with van der Waals surface area (Å²) in [6.07, 6.45) is 0.948. The average Bonchev–Trinajstić information content (AvgIpc) is 2.57. The number of likely N-dealkylation sites (tertiary alicyclic amines) is 1. The smallest absolute Gasteiger partial charge is 0.240 e. The summed E-state index contributed by atoms with van der Waals surface area (Å²) in [6.45, 7) is 9.15. The van der Waals surface area contributed by atoms with Crippen molar-refractivity contribution in [1.82, 2.24) is 15.1 Å². The maximum Gasteiger partial charge on any atom is 0.240 e. The molecule has 1 aliphatic heterocycles. The van der Waals surface area contributed by atoms with Gasteiger partial charge in [-0.3, -0.25) is 4.79 Å². The number of nitrogens with one attached hydrogen (secondary N) is 1. The van der Waals surface area contributed by atoms with Gasteiger partial charge < -0.3 is 15.1 Å². The number of nitrogens with zero attached hydrogens (tertiary/aromatic N) is 2. The lowest BCUT2D eigenvalue weighted by Crippen LogP contribution is -2.48. The molecule has 1 saturated heterocycles. The third-order valence-electron chi connectivity index (χ3n) is 3.41. The number of rotatable bonds is 6. The van der Waals surface area contributed by atoms with Crippen LogP contribution in [0.1, 0.15) is 27.2 Å². The van der Waals surface area contributed by atoms with Gasteiger partial charge in [-0.2, -0.15) is 0 Å². The Balaban J connectivity index is 2.66. The molecular formula is C13H27N3O. The fourth-order valence-corrected chi connectivity index (χ4v) is 2.51. The SMILES string of the molecule is CCNC1CCN(C(CN(C)C)C(C)C)C1=O. The van der Waals surface area contributed by atoms with Crippen molar-refractivity contribution in [3.63, 3.8) is 0 Å². The molecule has 0 aromatic heterocycles. The van der Waals surface area contributed by atoms with E-state index < -0.39 is 0 Å². The second kappa shape index (κ2) is 6.36. The van der Waals surface area contributed by atoms with Crippen LogP contribution in [-0.2, 0) is 4.79 Å². The summed E-state index contributed by atoms with van der Waals surface area (Å²) in [5, 5.41) is 3.27. The van der Waals surface area contributed by atoms with Crippen LogP contribution in [0.2, 0.25) is 0 Å². The van der Waals surface area contributed by atoms with Gasteiger partial charge in [0, 0.05) is 19.1 Å². The molecule has 0 radical (unpaired) electrons. The summed E-state index contributed by atoms with van der Waals surface area (Å²) in [4.78, 5) is 16.5. The molecule has 2 atom stereocenters. The Kier molecular flexibility index (Phi) is 5.40. The molecule has 17 heavy (non-hydrogen) atoms. The Bertz CT molecular complexity index is 253. The molecule has 1 heterocycles. The molecule has 4 nitrogen and oxygen atoms in total. The molecule has 1 N–H and O–H groups in total. The van der Waals surface area contributed by atoms with Crippen LogP contribution in [0.25, 0.3) is 0 Å². The van der Waals surface area contributed by atoms with Gasteiger partial charge in [0.1, 0.15) is 0 Å². The average molecular weight is 241 g/mol. The first-order valence-electron chi connectivity index (χ1n) is 6.66. The molecule has 0 spiro atoms. The normalized spacial score (nSPS) is 22.9. The predicted molar refractivity (Wildman–Crippen MR) is 71.0 cm³/mol. The maximum atomic E-state index is 12.3. The van der Waals surface area contributed by atoms with E-state index in [1.165, 1.54) is 0 Å². The third-order valence-corrected chi connectivity index (χ3v) is 3.41. The number of carbonyl (C=O) groups is 1. The van der Waals surface area contributed by atoms with Crippen LogP contribution in [0, 0.1) is 5.92 Å². The fraction of sp³-hybridized carbons (Fsp3) is 0.923. The highest BCUT2D eigenvalue weighted by Crippen LogP contribution is 2.20. The summed E-state index contributed by atoms with van der Waals surface area (Å²) in [5.41, 5.74) is 0. The lowest BCUT2D eigenvalue weighted by molar-refractivity contribution is -0.132. The van der Waals surface area contributed by atoms with Crippen molar-refractivity contribution in [2.75, 3.05) is 33.7 Å². The van der Waals surface area contributed by atoms with Gasteiger partial charge in [-0.05, 0) is 33.0 Å². The van der Waals surface area contributed by atoms with Crippen molar-refractivity contribution in [2.24, 2.45) is 5.92 Å². The van der Waals surface area contributed by atoms with Crippen molar-refractivity contribution < 1.29 is 4.79 Å². The van der Waals surface area contributed by atoms with E-state index in [9.17, 15) is 4.79 Å². The highest BCUT2D eigenvalue weighted by atomic mass is 16.2. The lowest BCUT2D eigenvalue weighted by Gasteiger charge is -2.33. The fourth-order valence-electron chi connectivity index (χ4n) is 2.51. The molecule has 0 aliphatic carbocycles. The lowest BCUT2D eigenvalue weighted by atomic mass is 10.0. The van der Waals surface area contributed by atoms with E-state index in [4.69, 9.17) is 0 Å². The van der Waals surface area contributed by atoms with Crippen LogP contribution in [0.15, 0.2) is 0 Å². The minimum absolute atomic E-state index is 0.0448. The second-order valence-electron chi connectivity index (χ2n) is 5.50. The molecule has 0 saturated carbocycles. The van der Waals surface area contributed by atoms with E-state index in [1.807, 2.05) is 0 Å². The van der Waals surface area contributed by atoms with Gasteiger partial charge in [0.15, 0.2) is 0 Å². The molecular weight excluding hydrogens is 214 g/mol. The van der Waals surface area contributed by atoms with Crippen molar-refractivity contribution in [3.05, 3.63) is 0 Å². The minimum Gasteiger partial charge on any atom is -0.337 e. The number of likely N-dealkylation sites (N-methyl/N-ethyl adjacent to an activating group) is 2. The van der Waals surface area contributed by atoms with Gasteiger partial charge in [-0.1, -0.05) is 20.8 Å². The van der Waals surface area contributed by atoms with Gasteiger partial charge in [0.2, 0.25) is 5.91 Å². The summed E-state index contributed by atoms with van der Waals surface area (Å²) in [5.74, 6) is 0.786. The molecule has 1 rings (SSSR count). The van der Waals surface area contributed by atoms with Crippen LogP contribution in [0.3, 0.4) is 0 Å². The van der Waals surface area contributed by atoms with Crippen LogP contribution in [0.5, 0.6) is 0 Å². The largest absolute Gasteiger partial charge is 0.337 e. The molecule has 1 amide bonds.